The fraction of sp³-hybridized carbons (Fsp3) is 0.179. The number of fused-ring (bicyclic) bond motifs is 3. The summed E-state index contributed by atoms with van der Waals surface area (Å²) in [6.07, 6.45) is 5.23. The molecule has 0 atom stereocenters. The Bertz CT molecular complexity index is 2240. The number of para-hydroxylation sites is 1. The van der Waals surface area contributed by atoms with E-state index in [1.165, 1.54) is 18.3 Å². The van der Waals surface area contributed by atoms with Crippen molar-refractivity contribution in [1.82, 2.24) is 19.3 Å². The van der Waals surface area contributed by atoms with Gasteiger partial charge in [0.05, 0.1) is 25.0 Å². The smallest absolute Gasteiger partial charge is 0.509 e. The standard InChI is InChI=1S/C39H33FN4O3.Pt/c1-6-45-38-25(4)24(3)26(5)39(46-7-2)37(38)27-22-42-43(23-27)29-11-10-12-30(20-29)47-31-15-16-33-32-13-8-9-14-34(32)44(35(33)21-31)36-19-28(40)17-18-41-36;/h8-19,22-23H,6-7H2,1-5H3;/q-2;+2. The first-order chi connectivity index (χ1) is 22.9. The van der Waals surface area contributed by atoms with Crippen molar-refractivity contribution < 1.29 is 39.7 Å². The van der Waals surface area contributed by atoms with E-state index in [2.05, 4.69) is 43.0 Å². The maximum Gasteiger partial charge on any atom is 2.00 e. The number of nitrogens with zero attached hydrogens (tertiary/aromatic N) is 4. The van der Waals surface area contributed by atoms with E-state index in [1.807, 2.05) is 85.4 Å². The second-order valence-electron chi connectivity index (χ2n) is 11.2. The molecular formula is C39H33FN4O3Pt. The number of aromatic nitrogens is 4. The molecule has 0 bridgehead atoms. The number of ether oxygens (including phenoxy) is 3. The van der Waals surface area contributed by atoms with E-state index < -0.39 is 0 Å². The van der Waals surface area contributed by atoms with E-state index in [-0.39, 0.29) is 26.9 Å². The average Bonchev–Trinajstić information content (AvgIpc) is 3.69. The largest absolute Gasteiger partial charge is 2.00 e. The molecule has 9 heteroatoms. The summed E-state index contributed by atoms with van der Waals surface area (Å²) in [5, 5.41) is 6.65. The Kier molecular flexibility index (Phi) is 9.38. The van der Waals surface area contributed by atoms with Crippen molar-refractivity contribution in [3.05, 3.63) is 120 Å². The van der Waals surface area contributed by atoms with Gasteiger partial charge in [-0.05, 0) is 74.5 Å². The van der Waals surface area contributed by atoms with E-state index in [0.29, 0.717) is 36.2 Å². The molecule has 7 nitrogen and oxygen atoms in total. The molecule has 48 heavy (non-hydrogen) atoms. The summed E-state index contributed by atoms with van der Waals surface area (Å²) in [5.74, 6) is 2.69. The quantitative estimate of drug-likeness (QED) is 0.136. The molecule has 0 spiro atoms. The first-order valence-corrected chi connectivity index (χ1v) is 15.6. The van der Waals surface area contributed by atoms with Gasteiger partial charge < -0.3 is 18.8 Å². The Morgan fingerprint density at radius 1 is 0.792 bits per heavy atom. The van der Waals surface area contributed by atoms with Crippen molar-refractivity contribution in [3.63, 3.8) is 0 Å². The van der Waals surface area contributed by atoms with Gasteiger partial charge in [0.15, 0.2) is 0 Å². The SMILES string of the molecule is CCOc1c(C)c(C)c(C)c(OCC)c1-c1cnn(-c2[c-]c(Oc3[c-]c4c(cc3)c3ccccc3n4-c3cc(F)ccn3)ccc2)c1.[Pt+2]. The van der Waals surface area contributed by atoms with Crippen LogP contribution in [-0.4, -0.2) is 32.5 Å². The van der Waals surface area contributed by atoms with Crippen molar-refractivity contribution >= 4 is 21.8 Å². The third kappa shape index (κ3) is 5.86. The van der Waals surface area contributed by atoms with E-state index >= 15 is 0 Å². The van der Waals surface area contributed by atoms with Gasteiger partial charge in [-0.3, -0.25) is 4.68 Å². The van der Waals surface area contributed by atoms with Gasteiger partial charge in [-0.15, -0.1) is 35.7 Å². The topological polar surface area (TPSA) is 63.3 Å². The monoisotopic (exact) mass is 819 g/mol. The first kappa shape index (κ1) is 33.0. The normalized spacial score (nSPS) is 11.1. The molecular weight excluding hydrogens is 787 g/mol. The summed E-state index contributed by atoms with van der Waals surface area (Å²) in [6, 6.07) is 26.9. The fourth-order valence-corrected chi connectivity index (χ4v) is 6.03. The number of rotatable bonds is 9. The molecule has 0 aliphatic heterocycles. The summed E-state index contributed by atoms with van der Waals surface area (Å²) >= 11 is 0. The van der Waals surface area contributed by atoms with Crippen LogP contribution in [0.25, 0.3) is 44.4 Å². The number of hydrogen-bond donors (Lipinski definition) is 0. The van der Waals surface area contributed by atoms with Gasteiger partial charge in [-0.25, -0.2) is 9.37 Å². The molecule has 0 unspecified atom stereocenters. The molecule has 7 rings (SSSR count). The molecule has 244 valence electrons. The third-order valence-electron chi connectivity index (χ3n) is 8.42. The van der Waals surface area contributed by atoms with Crippen molar-refractivity contribution in [2.75, 3.05) is 13.2 Å². The van der Waals surface area contributed by atoms with E-state index in [4.69, 9.17) is 14.2 Å². The van der Waals surface area contributed by atoms with Crippen LogP contribution in [0.4, 0.5) is 4.39 Å². The molecule has 0 aliphatic carbocycles. The number of benzene rings is 4. The molecule has 4 aromatic carbocycles. The van der Waals surface area contributed by atoms with Crippen LogP contribution in [0.15, 0.2) is 85.3 Å². The van der Waals surface area contributed by atoms with E-state index in [0.717, 1.165) is 61.1 Å². The Balaban J connectivity index is 0.00000401. The molecule has 3 aromatic heterocycles. The summed E-state index contributed by atoms with van der Waals surface area (Å²) in [7, 11) is 0. The van der Waals surface area contributed by atoms with Crippen LogP contribution in [0.1, 0.15) is 30.5 Å². The minimum absolute atomic E-state index is 0. The summed E-state index contributed by atoms with van der Waals surface area (Å²) in [5.41, 5.74) is 7.40. The molecule has 0 amide bonds. The molecule has 0 saturated heterocycles. The second kappa shape index (κ2) is 13.7. The summed E-state index contributed by atoms with van der Waals surface area (Å²) < 4.78 is 36.5. The maximum atomic E-state index is 14.2. The molecule has 0 fully saturated rings. The summed E-state index contributed by atoms with van der Waals surface area (Å²) in [4.78, 5) is 4.44. The van der Waals surface area contributed by atoms with Crippen molar-refractivity contribution in [2.45, 2.75) is 34.6 Å². The zero-order valence-corrected chi connectivity index (χ0v) is 29.5. The van der Waals surface area contributed by atoms with Crippen LogP contribution in [0, 0.1) is 38.7 Å². The van der Waals surface area contributed by atoms with Crippen molar-refractivity contribution in [1.29, 1.82) is 0 Å². The van der Waals surface area contributed by atoms with Gasteiger partial charge in [-0.1, -0.05) is 23.7 Å². The van der Waals surface area contributed by atoms with Crippen LogP contribution < -0.4 is 14.2 Å². The van der Waals surface area contributed by atoms with E-state index in [1.54, 1.807) is 4.68 Å². The number of hydrogen-bond acceptors (Lipinski definition) is 5. The number of halogens is 1. The predicted octanol–water partition coefficient (Wildman–Crippen LogP) is 9.28. The number of pyridine rings is 1. The van der Waals surface area contributed by atoms with Gasteiger partial charge in [0.25, 0.3) is 0 Å². The zero-order chi connectivity index (χ0) is 32.7. The average molecular weight is 820 g/mol. The van der Waals surface area contributed by atoms with Crippen LogP contribution in [0.3, 0.4) is 0 Å². The van der Waals surface area contributed by atoms with Gasteiger partial charge in [-0.2, -0.15) is 17.2 Å². The van der Waals surface area contributed by atoms with Crippen LogP contribution in [0.2, 0.25) is 0 Å². The predicted molar refractivity (Wildman–Crippen MR) is 182 cm³/mol. The van der Waals surface area contributed by atoms with Gasteiger partial charge in [0.1, 0.15) is 23.1 Å². The molecule has 7 aromatic rings. The maximum absolute atomic E-state index is 14.2. The Hall–Kier alpha value is -4.94. The third-order valence-corrected chi connectivity index (χ3v) is 8.42. The zero-order valence-electron chi connectivity index (χ0n) is 27.2. The second-order valence-corrected chi connectivity index (χ2v) is 11.2. The van der Waals surface area contributed by atoms with Gasteiger partial charge in [0, 0.05) is 41.0 Å². The summed E-state index contributed by atoms with van der Waals surface area (Å²) in [6.45, 7) is 11.3. The molecule has 0 N–H and O–H groups in total. The van der Waals surface area contributed by atoms with Gasteiger partial charge >= 0.3 is 21.1 Å². The molecule has 0 radical (unpaired) electrons. The minimum Gasteiger partial charge on any atom is -0.509 e. The minimum atomic E-state index is -0.364. The molecule has 0 aliphatic rings. The Labute approximate surface area is 293 Å². The van der Waals surface area contributed by atoms with Crippen LogP contribution in [0.5, 0.6) is 23.0 Å². The first-order valence-electron chi connectivity index (χ1n) is 15.6. The molecule has 3 heterocycles. The van der Waals surface area contributed by atoms with Gasteiger partial charge in [0.2, 0.25) is 0 Å². The Morgan fingerprint density at radius 2 is 1.52 bits per heavy atom. The van der Waals surface area contributed by atoms with E-state index in [9.17, 15) is 4.39 Å². The van der Waals surface area contributed by atoms with Crippen molar-refractivity contribution in [2.24, 2.45) is 0 Å². The van der Waals surface area contributed by atoms with Crippen LogP contribution in [-0.2, 0) is 21.1 Å². The Morgan fingerprint density at radius 3 is 2.25 bits per heavy atom. The van der Waals surface area contributed by atoms with Crippen LogP contribution >= 0.6 is 0 Å². The molecule has 0 saturated carbocycles. The van der Waals surface area contributed by atoms with Crippen molar-refractivity contribution in [3.8, 4) is 45.6 Å². The fourth-order valence-electron chi connectivity index (χ4n) is 6.03.